The third-order valence-corrected chi connectivity index (χ3v) is 7.69. The molecule has 2 aromatic heterocycles. The number of halogens is 1. The van der Waals surface area contributed by atoms with Crippen LogP contribution in [0.15, 0.2) is 35.1 Å². The van der Waals surface area contributed by atoms with Crippen molar-refractivity contribution in [2.75, 3.05) is 12.4 Å². The number of nitrogens with one attached hydrogen (secondary N) is 2. The van der Waals surface area contributed by atoms with Crippen LogP contribution >= 0.6 is 15.9 Å². The first-order valence-corrected chi connectivity index (χ1v) is 12.8. The van der Waals surface area contributed by atoms with Crippen molar-refractivity contribution < 1.29 is 13.6 Å². The number of hydrogen-bond donors (Lipinski definition) is 3. The Labute approximate surface area is 203 Å². The predicted molar refractivity (Wildman–Crippen MR) is 132 cm³/mol. The molecule has 1 amide bonds. The molecule has 0 spiro atoms. The molecule has 4 rings (SSSR count). The van der Waals surface area contributed by atoms with Crippen molar-refractivity contribution in [1.82, 2.24) is 25.1 Å². The van der Waals surface area contributed by atoms with Gasteiger partial charge in [0.2, 0.25) is 11.9 Å². The molecule has 0 aliphatic heterocycles. The largest absolute Gasteiger partial charge is 0.359 e. The molecule has 0 saturated heterocycles. The average Bonchev–Trinajstić information content (AvgIpc) is 3.33. The number of aromatic nitrogens is 4. The van der Waals surface area contributed by atoms with Crippen LogP contribution in [-0.4, -0.2) is 52.8 Å². The van der Waals surface area contributed by atoms with Crippen molar-refractivity contribution in [2.45, 2.75) is 50.8 Å². The maximum Gasteiger partial charge on any atom is 0.225 e. The van der Waals surface area contributed by atoms with Gasteiger partial charge in [-0.25, -0.2) is 13.9 Å². The van der Waals surface area contributed by atoms with Crippen molar-refractivity contribution >= 4 is 49.9 Å². The minimum atomic E-state index is -1.88. The monoisotopic (exact) mass is 534 g/mol. The van der Waals surface area contributed by atoms with Crippen LogP contribution in [0.3, 0.4) is 0 Å². The molecule has 1 saturated carbocycles. The van der Waals surface area contributed by atoms with E-state index in [1.165, 1.54) is 0 Å². The Bertz CT molecular complexity index is 1220. The van der Waals surface area contributed by atoms with E-state index < -0.39 is 16.5 Å². The van der Waals surface area contributed by atoms with Crippen molar-refractivity contribution in [1.29, 1.82) is 0 Å². The maximum absolute atomic E-state index is 12.2. The molecule has 1 aliphatic carbocycles. The Morgan fingerprint density at radius 3 is 2.97 bits per heavy atom. The van der Waals surface area contributed by atoms with E-state index in [1.807, 2.05) is 31.2 Å². The third-order valence-electron chi connectivity index (χ3n) is 6.25. The Morgan fingerprint density at radius 1 is 1.45 bits per heavy atom. The van der Waals surface area contributed by atoms with Gasteiger partial charge >= 0.3 is 0 Å². The lowest BCUT2D eigenvalue weighted by Crippen LogP contribution is -2.35. The smallest absolute Gasteiger partial charge is 0.225 e. The van der Waals surface area contributed by atoms with Gasteiger partial charge in [0.1, 0.15) is 4.60 Å². The number of rotatable bonds is 7. The zero-order valence-corrected chi connectivity index (χ0v) is 21.1. The number of hydrogen-bond acceptors (Lipinski definition) is 6. The van der Waals surface area contributed by atoms with E-state index in [9.17, 15) is 13.6 Å². The third kappa shape index (κ3) is 4.95. The summed E-state index contributed by atoms with van der Waals surface area (Å²) < 4.78 is 23.1. The van der Waals surface area contributed by atoms with Crippen molar-refractivity contribution in [3.8, 4) is 5.69 Å². The normalized spacial score (nSPS) is 22.3. The molecule has 1 aliphatic rings. The first kappa shape index (κ1) is 23.8. The molecule has 0 radical (unpaired) electrons. The second-order valence-electron chi connectivity index (χ2n) is 8.82. The van der Waals surface area contributed by atoms with Gasteiger partial charge in [0.25, 0.3) is 0 Å². The quantitative estimate of drug-likeness (QED) is 0.396. The van der Waals surface area contributed by atoms with Crippen LogP contribution in [0, 0.1) is 5.41 Å². The summed E-state index contributed by atoms with van der Waals surface area (Å²) in [6, 6.07) is 7.80. The Morgan fingerprint density at radius 2 is 2.24 bits per heavy atom. The lowest BCUT2D eigenvalue weighted by molar-refractivity contribution is -0.129. The number of carbonyl (C=O) groups is 1. The van der Waals surface area contributed by atoms with E-state index in [0.717, 1.165) is 29.5 Å². The predicted octanol–water partition coefficient (Wildman–Crippen LogP) is 3.45. The van der Waals surface area contributed by atoms with Gasteiger partial charge in [0, 0.05) is 24.7 Å². The van der Waals surface area contributed by atoms with E-state index in [0.29, 0.717) is 29.0 Å². The molecule has 9 nitrogen and oxygen atoms in total. The average molecular weight is 535 g/mol. The van der Waals surface area contributed by atoms with Gasteiger partial charge < -0.3 is 15.2 Å². The molecule has 2 heterocycles. The zero-order chi connectivity index (χ0) is 23.8. The van der Waals surface area contributed by atoms with Crippen molar-refractivity contribution in [3.05, 3.63) is 40.6 Å². The molecular weight excluding hydrogens is 508 g/mol. The van der Waals surface area contributed by atoms with Gasteiger partial charge in [-0.05, 0) is 66.2 Å². The summed E-state index contributed by atoms with van der Waals surface area (Å²) in [4.78, 5) is 21.4. The van der Waals surface area contributed by atoms with Gasteiger partial charge in [-0.15, -0.1) is 0 Å². The van der Waals surface area contributed by atoms with Crippen LogP contribution in [0.2, 0.25) is 0 Å². The molecule has 33 heavy (non-hydrogen) atoms. The maximum atomic E-state index is 12.2. The first-order valence-electron chi connectivity index (χ1n) is 10.8. The molecule has 3 aromatic rings. The van der Waals surface area contributed by atoms with Gasteiger partial charge in [0.05, 0.1) is 16.3 Å². The van der Waals surface area contributed by atoms with Crippen LogP contribution in [0.1, 0.15) is 38.7 Å². The highest BCUT2D eigenvalue weighted by molar-refractivity contribution is 9.10. The summed E-state index contributed by atoms with van der Waals surface area (Å²) in [7, 11) is 1.67. The highest BCUT2D eigenvalue weighted by atomic mass is 79.9. The van der Waals surface area contributed by atoms with Gasteiger partial charge in [0.15, 0.2) is 16.7 Å². The Hall–Kier alpha value is -2.37. The van der Waals surface area contributed by atoms with E-state index >= 15 is 0 Å². The van der Waals surface area contributed by atoms with Crippen molar-refractivity contribution in [3.63, 3.8) is 0 Å². The van der Waals surface area contributed by atoms with Gasteiger partial charge in [-0.2, -0.15) is 10.1 Å². The van der Waals surface area contributed by atoms with Gasteiger partial charge in [-0.1, -0.05) is 19.1 Å². The summed E-state index contributed by atoms with van der Waals surface area (Å²) in [6.45, 7) is 3.73. The van der Waals surface area contributed by atoms with Crippen LogP contribution in [0.25, 0.3) is 16.7 Å². The number of anilines is 1. The minimum Gasteiger partial charge on any atom is -0.359 e. The number of fused-ring (bicyclic) bond motifs is 1. The fourth-order valence-electron chi connectivity index (χ4n) is 4.39. The van der Waals surface area contributed by atoms with E-state index in [1.54, 1.807) is 24.9 Å². The highest BCUT2D eigenvalue weighted by Crippen LogP contribution is 2.39. The minimum absolute atomic E-state index is 0.0596. The van der Waals surface area contributed by atoms with Gasteiger partial charge in [-0.3, -0.25) is 4.79 Å². The van der Waals surface area contributed by atoms with Crippen LogP contribution in [0.4, 0.5) is 5.95 Å². The fourth-order valence-corrected chi connectivity index (χ4v) is 5.16. The lowest BCUT2D eigenvalue weighted by atomic mass is 9.87. The second-order valence-corrected chi connectivity index (χ2v) is 10.9. The fraction of sp³-hybridized carbons (Fsp3) is 0.455. The molecule has 1 fully saturated rings. The number of amides is 1. The molecule has 11 heteroatoms. The molecule has 1 aromatic carbocycles. The number of carbonyl (C=O) groups excluding carboxylic acids is 1. The molecule has 3 N–H and O–H groups in total. The molecule has 2 unspecified atom stereocenters. The first-order chi connectivity index (χ1) is 15.7. The summed E-state index contributed by atoms with van der Waals surface area (Å²) >= 11 is 1.62. The summed E-state index contributed by atoms with van der Waals surface area (Å²) in [5.41, 5.74) is 1.99. The Kier molecular flexibility index (Phi) is 6.83. The van der Waals surface area contributed by atoms with E-state index in [2.05, 4.69) is 36.6 Å². The lowest BCUT2D eigenvalue weighted by Gasteiger charge is -2.22. The molecule has 4 atom stereocenters. The highest BCUT2D eigenvalue weighted by Gasteiger charge is 2.40. The molecule has 176 valence electrons. The van der Waals surface area contributed by atoms with E-state index in [4.69, 9.17) is 4.98 Å². The zero-order valence-electron chi connectivity index (χ0n) is 18.7. The Balaban J connectivity index is 1.61. The van der Waals surface area contributed by atoms with Crippen LogP contribution in [0.5, 0.6) is 0 Å². The standard InChI is InChI=1S/C22H27BrN6O3S/c1-13(33(31)32)9-14-5-4-6-16(10-14)29-19-17(18(23)28-29)12-25-21(27-19)26-15-7-8-22(2,11-15)20(30)24-3/h4-6,10,12-13,15H,7-9,11H2,1-3H3,(H,24,30)(H,31,32)(H,25,26,27)/t13?,15-,22-/m1/s1. The second kappa shape index (κ2) is 9.47. The summed E-state index contributed by atoms with van der Waals surface area (Å²) in [6.07, 6.45) is 4.58. The topological polar surface area (TPSA) is 122 Å². The van der Waals surface area contributed by atoms with Crippen molar-refractivity contribution in [2.24, 2.45) is 5.41 Å². The SMILES string of the molecule is CNC(=O)[C@]1(C)CC[C@@H](Nc2ncc3c(Br)nn(-c4cccc(CC(C)S(=O)O)c4)c3n2)C1. The number of nitrogens with zero attached hydrogens (tertiary/aromatic N) is 4. The molecule has 0 bridgehead atoms. The number of benzene rings is 1. The van der Waals surface area contributed by atoms with Crippen LogP contribution in [-0.2, 0) is 22.3 Å². The van der Waals surface area contributed by atoms with E-state index in [-0.39, 0.29) is 17.2 Å². The van der Waals surface area contributed by atoms with Crippen LogP contribution < -0.4 is 10.6 Å². The summed E-state index contributed by atoms with van der Waals surface area (Å²) in [5.74, 6) is 0.548. The molecular formula is C22H27BrN6O3S. The summed E-state index contributed by atoms with van der Waals surface area (Å²) in [5, 5.41) is 11.1.